The van der Waals surface area contributed by atoms with E-state index in [-0.39, 0.29) is 6.03 Å². The van der Waals surface area contributed by atoms with Crippen LogP contribution < -0.4 is 15.5 Å². The van der Waals surface area contributed by atoms with Crippen molar-refractivity contribution in [2.45, 2.75) is 38.8 Å². The lowest BCUT2D eigenvalue weighted by atomic mass is 10.1. The van der Waals surface area contributed by atoms with Gasteiger partial charge in [0.25, 0.3) is 0 Å². The summed E-state index contributed by atoms with van der Waals surface area (Å²) in [4.78, 5) is 25.3. The highest BCUT2D eigenvalue weighted by Crippen LogP contribution is 2.18. The van der Waals surface area contributed by atoms with Crippen LogP contribution in [0, 0.1) is 6.92 Å². The van der Waals surface area contributed by atoms with E-state index >= 15 is 0 Å². The molecule has 2 N–H and O–H groups in total. The smallest absolute Gasteiger partial charge is 0.317 e. The number of pyridine rings is 2. The molecule has 0 spiro atoms. The maximum absolute atomic E-state index is 12.5. The number of hydrogen-bond acceptors (Lipinski definition) is 5. The van der Waals surface area contributed by atoms with Gasteiger partial charge in [0.2, 0.25) is 0 Å². The van der Waals surface area contributed by atoms with Crippen molar-refractivity contribution in [1.29, 1.82) is 0 Å². The molecule has 0 saturated carbocycles. The van der Waals surface area contributed by atoms with Crippen LogP contribution in [0.2, 0.25) is 0 Å². The van der Waals surface area contributed by atoms with Gasteiger partial charge in [-0.15, -0.1) is 0 Å². The Kier molecular flexibility index (Phi) is 6.68. The molecule has 1 atom stereocenters. The van der Waals surface area contributed by atoms with E-state index in [2.05, 4.69) is 26.7 Å². The number of urea groups is 1. The van der Waals surface area contributed by atoms with Crippen molar-refractivity contribution in [1.82, 2.24) is 20.2 Å². The van der Waals surface area contributed by atoms with Crippen LogP contribution >= 0.6 is 0 Å². The van der Waals surface area contributed by atoms with Gasteiger partial charge in [-0.25, -0.2) is 9.78 Å². The summed E-state index contributed by atoms with van der Waals surface area (Å²) in [5.74, 6) is 0.942. The summed E-state index contributed by atoms with van der Waals surface area (Å²) in [6, 6.07) is 10.3. The molecule has 3 rings (SSSR count). The Morgan fingerprint density at radius 1 is 1.21 bits per heavy atom. The molecular formula is C21H30N6O. The molecule has 2 aromatic heterocycles. The first-order valence-corrected chi connectivity index (χ1v) is 9.86. The van der Waals surface area contributed by atoms with Crippen molar-refractivity contribution in [3.8, 4) is 0 Å². The third kappa shape index (κ3) is 5.58. The average Bonchev–Trinajstić information content (AvgIpc) is 2.92. The normalized spacial score (nSPS) is 17.0. The molecule has 2 amide bonds. The van der Waals surface area contributed by atoms with E-state index < -0.39 is 0 Å². The molecule has 28 heavy (non-hydrogen) atoms. The molecule has 0 unspecified atom stereocenters. The first-order valence-electron chi connectivity index (χ1n) is 9.86. The fraction of sp³-hybridized carbons (Fsp3) is 0.476. The van der Waals surface area contributed by atoms with Crippen molar-refractivity contribution >= 4 is 17.5 Å². The van der Waals surface area contributed by atoms with Crippen LogP contribution in [0.4, 0.5) is 16.3 Å². The number of carbonyl (C=O) groups is 1. The maximum Gasteiger partial charge on any atom is 0.317 e. The van der Waals surface area contributed by atoms with Crippen LogP contribution in [-0.2, 0) is 6.54 Å². The molecule has 7 nitrogen and oxygen atoms in total. The molecule has 0 radical (unpaired) electrons. The number of aryl methyl sites for hydroxylation is 1. The van der Waals surface area contributed by atoms with Crippen LogP contribution in [0.5, 0.6) is 0 Å². The minimum Gasteiger partial charge on any atom is -0.381 e. The lowest BCUT2D eigenvalue weighted by Crippen LogP contribution is -2.40. The summed E-state index contributed by atoms with van der Waals surface area (Å²) in [6.45, 7) is 3.94. The van der Waals surface area contributed by atoms with Gasteiger partial charge in [0, 0.05) is 38.9 Å². The van der Waals surface area contributed by atoms with E-state index in [0.717, 1.165) is 55.2 Å². The first kappa shape index (κ1) is 19.9. The van der Waals surface area contributed by atoms with E-state index in [4.69, 9.17) is 0 Å². The maximum atomic E-state index is 12.5. The van der Waals surface area contributed by atoms with Gasteiger partial charge in [-0.3, -0.25) is 4.98 Å². The Morgan fingerprint density at radius 3 is 2.79 bits per heavy atom. The summed E-state index contributed by atoms with van der Waals surface area (Å²) in [7, 11) is 3.96. The highest BCUT2D eigenvalue weighted by atomic mass is 16.2. The topological polar surface area (TPSA) is 73.4 Å². The quantitative estimate of drug-likeness (QED) is 0.832. The van der Waals surface area contributed by atoms with Gasteiger partial charge in [0.1, 0.15) is 5.82 Å². The number of rotatable bonds is 5. The summed E-state index contributed by atoms with van der Waals surface area (Å²) >= 11 is 0. The van der Waals surface area contributed by atoms with Crippen LogP contribution in [0.3, 0.4) is 0 Å². The molecule has 2 aromatic rings. The van der Waals surface area contributed by atoms with Crippen LogP contribution in [-0.4, -0.2) is 54.1 Å². The van der Waals surface area contributed by atoms with Gasteiger partial charge >= 0.3 is 6.03 Å². The lowest BCUT2D eigenvalue weighted by Gasteiger charge is -2.21. The Balaban J connectivity index is 1.47. The molecule has 3 heterocycles. The number of carbonyl (C=O) groups excluding carboxylic acids is 1. The van der Waals surface area contributed by atoms with Crippen LogP contribution in [0.15, 0.2) is 36.5 Å². The number of nitrogens with zero attached hydrogens (tertiary/aromatic N) is 4. The second kappa shape index (κ2) is 9.39. The molecule has 1 aliphatic rings. The van der Waals surface area contributed by atoms with E-state index in [1.165, 1.54) is 0 Å². The summed E-state index contributed by atoms with van der Waals surface area (Å²) in [5, 5.41) is 6.56. The Bertz CT molecular complexity index is 777. The number of nitrogens with one attached hydrogen (secondary N) is 2. The molecule has 7 heteroatoms. The van der Waals surface area contributed by atoms with Gasteiger partial charge in [0.05, 0.1) is 24.1 Å². The number of anilines is 2. The number of likely N-dealkylation sites (tertiary alicyclic amines) is 1. The molecular weight excluding hydrogens is 352 g/mol. The Hall–Kier alpha value is -2.83. The number of amides is 2. The highest BCUT2D eigenvalue weighted by molar-refractivity contribution is 5.74. The fourth-order valence-corrected chi connectivity index (χ4v) is 3.39. The minimum absolute atomic E-state index is 0.0130. The van der Waals surface area contributed by atoms with Gasteiger partial charge < -0.3 is 20.4 Å². The highest BCUT2D eigenvalue weighted by Gasteiger charge is 2.20. The van der Waals surface area contributed by atoms with Gasteiger partial charge in [0.15, 0.2) is 0 Å². The van der Waals surface area contributed by atoms with Gasteiger partial charge in [-0.2, -0.15) is 0 Å². The largest absolute Gasteiger partial charge is 0.381 e. The second-order valence-corrected chi connectivity index (χ2v) is 7.49. The molecule has 0 aliphatic carbocycles. The second-order valence-electron chi connectivity index (χ2n) is 7.49. The third-order valence-corrected chi connectivity index (χ3v) is 4.96. The first-order chi connectivity index (χ1) is 13.5. The minimum atomic E-state index is -0.0130. The van der Waals surface area contributed by atoms with Crippen LogP contribution in [0.25, 0.3) is 0 Å². The lowest BCUT2D eigenvalue weighted by molar-refractivity contribution is 0.199. The summed E-state index contributed by atoms with van der Waals surface area (Å²) in [6.07, 6.45) is 4.82. The molecule has 0 bridgehead atoms. The Labute approximate surface area is 167 Å². The molecule has 1 fully saturated rings. The van der Waals surface area contributed by atoms with E-state index in [0.29, 0.717) is 12.6 Å². The van der Waals surface area contributed by atoms with Gasteiger partial charge in [-0.1, -0.05) is 6.07 Å². The monoisotopic (exact) mass is 382 g/mol. The van der Waals surface area contributed by atoms with Gasteiger partial charge in [-0.05, 0) is 50.5 Å². The predicted molar refractivity (Wildman–Crippen MR) is 113 cm³/mol. The predicted octanol–water partition coefficient (Wildman–Crippen LogP) is 3.03. The zero-order valence-electron chi connectivity index (χ0n) is 17.0. The van der Waals surface area contributed by atoms with E-state index in [1.807, 2.05) is 61.3 Å². The van der Waals surface area contributed by atoms with E-state index in [1.54, 1.807) is 0 Å². The number of hydrogen-bond donors (Lipinski definition) is 2. The average molecular weight is 383 g/mol. The molecule has 1 saturated heterocycles. The third-order valence-electron chi connectivity index (χ3n) is 4.96. The fourth-order valence-electron chi connectivity index (χ4n) is 3.39. The van der Waals surface area contributed by atoms with Crippen molar-refractivity contribution in [2.75, 3.05) is 37.4 Å². The van der Waals surface area contributed by atoms with Crippen LogP contribution in [0.1, 0.15) is 30.7 Å². The molecule has 150 valence electrons. The zero-order chi connectivity index (χ0) is 19.9. The molecule has 0 aromatic carbocycles. The van der Waals surface area contributed by atoms with Crippen molar-refractivity contribution in [3.63, 3.8) is 0 Å². The van der Waals surface area contributed by atoms with Crippen molar-refractivity contribution < 1.29 is 4.79 Å². The number of aromatic nitrogens is 2. The van der Waals surface area contributed by atoms with Crippen molar-refractivity contribution in [2.24, 2.45) is 0 Å². The summed E-state index contributed by atoms with van der Waals surface area (Å²) < 4.78 is 0. The molecule has 1 aliphatic heterocycles. The zero-order valence-corrected chi connectivity index (χ0v) is 17.0. The van der Waals surface area contributed by atoms with E-state index in [9.17, 15) is 4.79 Å². The summed E-state index contributed by atoms with van der Waals surface area (Å²) in [5.41, 5.74) is 2.87. The standard InChI is InChI=1S/C21H30N6O/c1-16-6-4-7-18(24-16)15-23-21(28)27-12-5-8-17(11-13-27)25-19-9-10-20(22-14-19)26(2)3/h4,6-7,9-10,14,17,25H,5,8,11-13,15H2,1-3H3,(H,23,28)/t17-/m0/s1. The van der Waals surface area contributed by atoms with Crippen molar-refractivity contribution in [3.05, 3.63) is 47.9 Å². The SMILES string of the molecule is Cc1cccc(CNC(=O)N2CCC[C@H](Nc3ccc(N(C)C)nc3)CC2)n1. The Morgan fingerprint density at radius 2 is 2.07 bits per heavy atom.